The number of benzene rings is 2. The predicted molar refractivity (Wildman–Crippen MR) is 78.4 cm³/mol. The third-order valence-electron chi connectivity index (χ3n) is 3.27. The van der Waals surface area contributed by atoms with Crippen LogP contribution in [0.3, 0.4) is 0 Å². The summed E-state index contributed by atoms with van der Waals surface area (Å²) in [5.41, 5.74) is 14.1. The minimum atomic E-state index is -0.410. The summed E-state index contributed by atoms with van der Waals surface area (Å²) < 4.78 is 0. The summed E-state index contributed by atoms with van der Waals surface area (Å²) in [5.74, 6) is 0. The first-order chi connectivity index (χ1) is 8.21. The summed E-state index contributed by atoms with van der Waals surface area (Å²) in [5, 5.41) is 2.40. The fourth-order valence-electron chi connectivity index (χ4n) is 2.50. The van der Waals surface area contributed by atoms with Gasteiger partial charge in [0.2, 0.25) is 0 Å². The van der Waals surface area contributed by atoms with Crippen LogP contribution in [0.25, 0.3) is 10.8 Å². The molecule has 0 aromatic heterocycles. The van der Waals surface area contributed by atoms with Gasteiger partial charge in [-0.15, -0.1) is 0 Å². The molecule has 0 aliphatic carbocycles. The van der Waals surface area contributed by atoms with Crippen molar-refractivity contribution >= 4 is 10.8 Å². The minimum Gasteiger partial charge on any atom is -0.322 e. The van der Waals surface area contributed by atoms with Gasteiger partial charge >= 0.3 is 0 Å². The van der Waals surface area contributed by atoms with Crippen LogP contribution in [0.5, 0.6) is 0 Å². The van der Waals surface area contributed by atoms with E-state index in [1.54, 1.807) is 0 Å². The molecule has 18 heavy (non-hydrogen) atoms. The van der Waals surface area contributed by atoms with Gasteiger partial charge in [0, 0.05) is 11.1 Å². The molecule has 0 amide bonds. The minimum absolute atomic E-state index is 0.393. The van der Waals surface area contributed by atoms with E-state index in [9.17, 15) is 0 Å². The quantitative estimate of drug-likeness (QED) is 0.849. The fourth-order valence-corrected chi connectivity index (χ4v) is 2.50. The smallest absolute Gasteiger partial charge is 0.0362 e. The highest BCUT2D eigenvalue weighted by Gasteiger charge is 2.27. The van der Waals surface area contributed by atoms with Gasteiger partial charge in [-0.1, -0.05) is 36.4 Å². The molecule has 2 heteroatoms. The number of fused-ring (bicyclic) bond motifs is 1. The Morgan fingerprint density at radius 3 is 1.94 bits per heavy atom. The Balaban J connectivity index is 2.89. The highest BCUT2D eigenvalue weighted by atomic mass is 14.7. The van der Waals surface area contributed by atoms with E-state index in [0.717, 1.165) is 11.1 Å². The van der Waals surface area contributed by atoms with Crippen molar-refractivity contribution in [3.8, 4) is 0 Å². The summed E-state index contributed by atoms with van der Waals surface area (Å²) in [6, 6.07) is 12.5. The average Bonchev–Trinajstić information content (AvgIpc) is 2.24. The van der Waals surface area contributed by atoms with Gasteiger partial charge in [-0.2, -0.15) is 0 Å². The van der Waals surface area contributed by atoms with Crippen molar-refractivity contribution in [1.29, 1.82) is 0 Å². The van der Waals surface area contributed by atoms with Crippen LogP contribution in [0.15, 0.2) is 36.4 Å². The van der Waals surface area contributed by atoms with E-state index in [1.807, 2.05) is 39.8 Å². The monoisotopic (exact) mass is 242 g/mol. The second-order valence-electron chi connectivity index (χ2n) is 6.15. The highest BCUT2D eigenvalue weighted by molar-refractivity contribution is 5.88. The first-order valence-electron chi connectivity index (χ1n) is 6.32. The molecule has 0 aliphatic heterocycles. The first-order valence-corrected chi connectivity index (χ1v) is 6.32. The Morgan fingerprint density at radius 2 is 1.39 bits per heavy atom. The molecule has 0 heterocycles. The van der Waals surface area contributed by atoms with Crippen molar-refractivity contribution in [2.45, 2.75) is 38.8 Å². The number of hydrogen-bond acceptors (Lipinski definition) is 2. The summed E-state index contributed by atoms with van der Waals surface area (Å²) in [6.45, 7) is 8.10. The zero-order valence-corrected chi connectivity index (χ0v) is 11.6. The SMILES string of the molecule is CC(C)(N)c1ccc2ccccc2c1C(C)(C)N. The number of rotatable bonds is 2. The zero-order valence-electron chi connectivity index (χ0n) is 11.6. The molecule has 0 unspecified atom stereocenters. The van der Waals surface area contributed by atoms with Gasteiger partial charge in [0.05, 0.1) is 0 Å². The van der Waals surface area contributed by atoms with E-state index in [4.69, 9.17) is 11.5 Å². The molecule has 0 bridgehead atoms. The maximum absolute atomic E-state index is 6.36. The lowest BCUT2D eigenvalue weighted by Gasteiger charge is -2.31. The molecule has 0 radical (unpaired) electrons. The summed E-state index contributed by atoms with van der Waals surface area (Å²) in [7, 11) is 0. The van der Waals surface area contributed by atoms with E-state index >= 15 is 0 Å². The second-order valence-corrected chi connectivity index (χ2v) is 6.15. The molecular weight excluding hydrogens is 220 g/mol. The summed E-state index contributed by atoms with van der Waals surface area (Å²) >= 11 is 0. The Kier molecular flexibility index (Phi) is 2.96. The lowest BCUT2D eigenvalue weighted by molar-refractivity contribution is 0.501. The zero-order chi connectivity index (χ0) is 13.6. The fraction of sp³-hybridized carbons (Fsp3) is 0.375. The maximum Gasteiger partial charge on any atom is 0.0362 e. The Hall–Kier alpha value is -1.38. The molecule has 2 aromatic rings. The van der Waals surface area contributed by atoms with Crippen molar-refractivity contribution in [1.82, 2.24) is 0 Å². The molecule has 0 saturated carbocycles. The van der Waals surface area contributed by atoms with Gasteiger partial charge in [-0.3, -0.25) is 0 Å². The highest BCUT2D eigenvalue weighted by Crippen LogP contribution is 2.34. The first kappa shape index (κ1) is 13.1. The van der Waals surface area contributed by atoms with E-state index in [2.05, 4.69) is 24.3 Å². The van der Waals surface area contributed by atoms with Crippen molar-refractivity contribution in [3.05, 3.63) is 47.5 Å². The van der Waals surface area contributed by atoms with Gasteiger partial charge in [-0.05, 0) is 49.6 Å². The van der Waals surface area contributed by atoms with Crippen LogP contribution in [0, 0.1) is 0 Å². The summed E-state index contributed by atoms with van der Waals surface area (Å²) in [6.07, 6.45) is 0. The standard InChI is InChI=1S/C16H22N2/c1-15(2,17)13-10-9-11-7-5-6-8-12(11)14(13)16(3,4)18/h5-10H,17-18H2,1-4H3. The molecular formula is C16H22N2. The Bertz CT molecular complexity index is 572. The normalized spacial score (nSPS) is 13.0. The van der Waals surface area contributed by atoms with E-state index in [0.29, 0.717) is 0 Å². The van der Waals surface area contributed by atoms with Crippen molar-refractivity contribution < 1.29 is 0 Å². The van der Waals surface area contributed by atoms with Crippen LogP contribution in [0.1, 0.15) is 38.8 Å². The van der Waals surface area contributed by atoms with Gasteiger partial charge in [0.15, 0.2) is 0 Å². The molecule has 4 N–H and O–H groups in total. The van der Waals surface area contributed by atoms with Gasteiger partial charge in [0.1, 0.15) is 0 Å². The lowest BCUT2D eigenvalue weighted by atomic mass is 9.80. The van der Waals surface area contributed by atoms with Crippen LogP contribution in [0.2, 0.25) is 0 Å². The van der Waals surface area contributed by atoms with E-state index in [1.165, 1.54) is 10.8 Å². The van der Waals surface area contributed by atoms with Gasteiger partial charge in [0.25, 0.3) is 0 Å². The van der Waals surface area contributed by atoms with Crippen LogP contribution >= 0.6 is 0 Å². The lowest BCUT2D eigenvalue weighted by Crippen LogP contribution is -2.37. The molecule has 0 aliphatic rings. The molecule has 0 fully saturated rings. The second kappa shape index (κ2) is 4.08. The largest absolute Gasteiger partial charge is 0.322 e. The number of nitrogens with two attached hydrogens (primary N) is 2. The van der Waals surface area contributed by atoms with Crippen LogP contribution in [-0.4, -0.2) is 0 Å². The number of hydrogen-bond donors (Lipinski definition) is 2. The molecule has 0 spiro atoms. The van der Waals surface area contributed by atoms with E-state index in [-0.39, 0.29) is 0 Å². The third-order valence-corrected chi connectivity index (χ3v) is 3.27. The van der Waals surface area contributed by atoms with Crippen LogP contribution in [0.4, 0.5) is 0 Å². The molecule has 2 nitrogen and oxygen atoms in total. The van der Waals surface area contributed by atoms with Gasteiger partial charge in [-0.25, -0.2) is 0 Å². The van der Waals surface area contributed by atoms with Crippen molar-refractivity contribution in [3.63, 3.8) is 0 Å². The van der Waals surface area contributed by atoms with Crippen LogP contribution < -0.4 is 11.5 Å². The molecule has 2 aromatic carbocycles. The topological polar surface area (TPSA) is 52.0 Å². The third kappa shape index (κ3) is 2.26. The average molecular weight is 242 g/mol. The van der Waals surface area contributed by atoms with Gasteiger partial charge < -0.3 is 11.5 Å². The summed E-state index contributed by atoms with van der Waals surface area (Å²) in [4.78, 5) is 0. The van der Waals surface area contributed by atoms with Crippen molar-refractivity contribution in [2.24, 2.45) is 11.5 Å². The van der Waals surface area contributed by atoms with Crippen LogP contribution in [-0.2, 0) is 11.1 Å². The Labute approximate surface area is 109 Å². The van der Waals surface area contributed by atoms with Crippen molar-refractivity contribution in [2.75, 3.05) is 0 Å². The Morgan fingerprint density at radius 1 is 0.778 bits per heavy atom. The molecule has 2 rings (SSSR count). The molecule has 0 atom stereocenters. The van der Waals surface area contributed by atoms with E-state index < -0.39 is 11.1 Å². The maximum atomic E-state index is 6.36. The molecule has 0 saturated heterocycles. The predicted octanol–water partition coefficient (Wildman–Crippen LogP) is 3.23. The molecule has 96 valence electrons.